The topological polar surface area (TPSA) is 45.1 Å². The van der Waals surface area contributed by atoms with Crippen LogP contribution in [0.25, 0.3) is 0 Å². The maximum Gasteiger partial charge on any atom is 0.417 e. The summed E-state index contributed by atoms with van der Waals surface area (Å²) in [6, 6.07) is 0.0418. The maximum absolute atomic E-state index is 13.5. The molecule has 1 aromatic rings. The average molecular weight is 264 g/mol. The Kier molecular flexibility index (Phi) is 3.43. The number of hydrogen-bond donors (Lipinski definition) is 2. The molecule has 7 heteroatoms. The van der Waals surface area contributed by atoms with Gasteiger partial charge in [0.25, 0.3) is 0 Å². The lowest BCUT2D eigenvalue weighted by atomic mass is 10.2. The molecule has 100 valence electrons. The van der Waals surface area contributed by atoms with Crippen molar-refractivity contribution in [1.82, 2.24) is 4.98 Å². The molecule has 2 rings (SSSR count). The Hall–Kier alpha value is -1.37. The van der Waals surface area contributed by atoms with Crippen LogP contribution in [0.3, 0.4) is 0 Å². The summed E-state index contributed by atoms with van der Waals surface area (Å²) in [5.41, 5.74) is -1.13. The Morgan fingerprint density at radius 1 is 1.33 bits per heavy atom. The van der Waals surface area contributed by atoms with Crippen molar-refractivity contribution in [2.24, 2.45) is 0 Å². The van der Waals surface area contributed by atoms with Crippen LogP contribution in [0.2, 0.25) is 0 Å². The van der Waals surface area contributed by atoms with E-state index in [1.165, 1.54) is 0 Å². The van der Waals surface area contributed by atoms with E-state index in [-0.39, 0.29) is 11.9 Å². The predicted octanol–water partition coefficient (Wildman–Crippen LogP) is 2.56. The van der Waals surface area contributed by atoms with Crippen molar-refractivity contribution in [3.05, 3.63) is 23.6 Å². The third-order valence-electron chi connectivity index (χ3n) is 2.97. The van der Waals surface area contributed by atoms with Gasteiger partial charge in [-0.05, 0) is 25.3 Å². The van der Waals surface area contributed by atoms with Gasteiger partial charge in [0.1, 0.15) is 0 Å². The number of aromatic nitrogens is 1. The van der Waals surface area contributed by atoms with Crippen molar-refractivity contribution in [2.45, 2.75) is 37.6 Å². The smallest absolute Gasteiger partial charge is 0.391 e. The minimum absolute atomic E-state index is 0.256. The second kappa shape index (κ2) is 4.72. The van der Waals surface area contributed by atoms with Gasteiger partial charge in [-0.2, -0.15) is 13.2 Å². The lowest BCUT2D eigenvalue weighted by Gasteiger charge is -2.17. The summed E-state index contributed by atoms with van der Waals surface area (Å²) in [5, 5.41) is 12.2. The van der Waals surface area contributed by atoms with E-state index in [1.807, 2.05) is 0 Å². The van der Waals surface area contributed by atoms with Crippen molar-refractivity contribution in [3.63, 3.8) is 0 Å². The number of aliphatic hydroxyl groups excluding tert-OH is 1. The van der Waals surface area contributed by atoms with Crippen LogP contribution in [0.15, 0.2) is 12.3 Å². The third kappa shape index (κ3) is 2.72. The van der Waals surface area contributed by atoms with Gasteiger partial charge in [0.05, 0.1) is 17.7 Å². The summed E-state index contributed by atoms with van der Waals surface area (Å²) >= 11 is 0. The van der Waals surface area contributed by atoms with Gasteiger partial charge in [-0.15, -0.1) is 0 Å². The first-order chi connectivity index (χ1) is 8.38. The minimum atomic E-state index is -4.61. The van der Waals surface area contributed by atoms with Crippen LogP contribution >= 0.6 is 0 Å². The first kappa shape index (κ1) is 13.1. The monoisotopic (exact) mass is 264 g/mol. The minimum Gasteiger partial charge on any atom is -0.391 e. The molecular formula is C11H12F4N2O. The second-order valence-electron chi connectivity index (χ2n) is 4.30. The van der Waals surface area contributed by atoms with Crippen molar-refractivity contribution >= 4 is 5.82 Å². The van der Waals surface area contributed by atoms with Gasteiger partial charge in [-0.25, -0.2) is 9.37 Å². The molecule has 18 heavy (non-hydrogen) atoms. The van der Waals surface area contributed by atoms with E-state index >= 15 is 0 Å². The lowest BCUT2D eigenvalue weighted by molar-refractivity contribution is -0.138. The maximum atomic E-state index is 13.5. The van der Waals surface area contributed by atoms with Gasteiger partial charge < -0.3 is 10.4 Å². The van der Waals surface area contributed by atoms with Crippen LogP contribution in [0, 0.1) is 5.82 Å². The number of hydrogen-bond acceptors (Lipinski definition) is 3. The fraction of sp³-hybridized carbons (Fsp3) is 0.545. The number of nitrogens with one attached hydrogen (secondary N) is 1. The Balaban J connectivity index is 2.15. The average Bonchev–Trinajstić information content (AvgIpc) is 2.66. The third-order valence-corrected chi connectivity index (χ3v) is 2.97. The van der Waals surface area contributed by atoms with Crippen LogP contribution in [-0.4, -0.2) is 22.2 Å². The lowest BCUT2D eigenvalue weighted by Crippen LogP contribution is -2.29. The molecule has 1 aliphatic rings. The summed E-state index contributed by atoms with van der Waals surface area (Å²) in [6.07, 6.45) is -2.62. The number of alkyl halides is 3. The van der Waals surface area contributed by atoms with Crippen LogP contribution in [0.1, 0.15) is 24.8 Å². The van der Waals surface area contributed by atoms with E-state index in [9.17, 15) is 22.7 Å². The van der Waals surface area contributed by atoms with Crippen molar-refractivity contribution in [1.29, 1.82) is 0 Å². The van der Waals surface area contributed by atoms with E-state index in [2.05, 4.69) is 10.3 Å². The normalized spacial score (nSPS) is 24.3. The molecule has 0 aromatic carbocycles. The summed E-state index contributed by atoms with van der Waals surface area (Å²) in [4.78, 5) is 3.43. The molecule has 2 unspecified atom stereocenters. The largest absolute Gasteiger partial charge is 0.417 e. The SMILES string of the molecule is OC1CCCC1Nc1ncc(C(F)(F)F)cc1F. The van der Waals surface area contributed by atoms with Gasteiger partial charge in [-0.1, -0.05) is 0 Å². The predicted molar refractivity (Wildman–Crippen MR) is 56.5 cm³/mol. The van der Waals surface area contributed by atoms with Crippen molar-refractivity contribution < 1.29 is 22.7 Å². The van der Waals surface area contributed by atoms with E-state index in [1.54, 1.807) is 0 Å². The molecular weight excluding hydrogens is 252 g/mol. The standard InChI is InChI=1S/C11H12F4N2O/c12-7-4-6(11(13,14)15)5-16-10(7)17-8-2-1-3-9(8)18/h4-5,8-9,18H,1-3H2,(H,16,17). The number of nitrogens with zero attached hydrogens (tertiary/aromatic N) is 1. The van der Waals surface area contributed by atoms with Gasteiger partial charge in [0.15, 0.2) is 11.6 Å². The van der Waals surface area contributed by atoms with E-state index < -0.39 is 23.7 Å². The Morgan fingerprint density at radius 2 is 2.06 bits per heavy atom. The highest BCUT2D eigenvalue weighted by Gasteiger charge is 2.32. The van der Waals surface area contributed by atoms with Gasteiger partial charge in [0.2, 0.25) is 0 Å². The molecule has 1 saturated carbocycles. The fourth-order valence-electron chi connectivity index (χ4n) is 1.98. The van der Waals surface area contributed by atoms with E-state index in [0.717, 1.165) is 6.42 Å². The zero-order valence-electron chi connectivity index (χ0n) is 9.34. The Labute approximate surface area is 101 Å². The molecule has 1 fully saturated rings. The molecule has 2 atom stereocenters. The molecule has 3 nitrogen and oxygen atoms in total. The van der Waals surface area contributed by atoms with Crippen LogP contribution in [0.4, 0.5) is 23.4 Å². The molecule has 1 aliphatic carbocycles. The molecule has 0 aliphatic heterocycles. The van der Waals surface area contributed by atoms with Crippen LogP contribution < -0.4 is 5.32 Å². The van der Waals surface area contributed by atoms with E-state index in [4.69, 9.17) is 0 Å². The van der Waals surface area contributed by atoms with Gasteiger partial charge in [-0.3, -0.25) is 0 Å². The van der Waals surface area contributed by atoms with Crippen LogP contribution in [0.5, 0.6) is 0 Å². The number of rotatable bonds is 2. The van der Waals surface area contributed by atoms with E-state index in [0.29, 0.717) is 25.1 Å². The Bertz CT molecular complexity index is 436. The van der Waals surface area contributed by atoms with Crippen molar-refractivity contribution in [2.75, 3.05) is 5.32 Å². The molecule has 1 aromatic heterocycles. The molecule has 0 spiro atoms. The summed E-state index contributed by atoms with van der Waals surface area (Å²) in [5.74, 6) is -1.32. The van der Waals surface area contributed by atoms with Gasteiger partial charge in [0, 0.05) is 6.20 Å². The summed E-state index contributed by atoms with van der Waals surface area (Å²) in [7, 11) is 0. The Morgan fingerprint density at radius 3 is 2.56 bits per heavy atom. The fourth-order valence-corrected chi connectivity index (χ4v) is 1.98. The molecule has 0 amide bonds. The summed E-state index contributed by atoms with van der Waals surface area (Å²) in [6.45, 7) is 0. The van der Waals surface area contributed by atoms with Crippen molar-refractivity contribution in [3.8, 4) is 0 Å². The molecule has 1 heterocycles. The first-order valence-electron chi connectivity index (χ1n) is 5.55. The van der Waals surface area contributed by atoms with Gasteiger partial charge >= 0.3 is 6.18 Å². The molecule has 2 N–H and O–H groups in total. The highest BCUT2D eigenvalue weighted by Crippen LogP contribution is 2.31. The molecule has 0 radical (unpaired) electrons. The zero-order chi connectivity index (χ0) is 13.3. The molecule has 0 bridgehead atoms. The summed E-state index contributed by atoms with van der Waals surface area (Å²) < 4.78 is 50.4. The second-order valence-corrected chi connectivity index (χ2v) is 4.30. The zero-order valence-corrected chi connectivity index (χ0v) is 9.34. The number of pyridine rings is 1. The number of anilines is 1. The highest BCUT2D eigenvalue weighted by atomic mass is 19.4. The number of halogens is 4. The van der Waals surface area contributed by atoms with Crippen LogP contribution in [-0.2, 0) is 6.18 Å². The highest BCUT2D eigenvalue weighted by molar-refractivity contribution is 5.39. The number of aliphatic hydroxyl groups is 1. The molecule has 0 saturated heterocycles. The first-order valence-corrected chi connectivity index (χ1v) is 5.55. The quantitative estimate of drug-likeness (QED) is 0.807.